The number of amides is 3. The number of halogens is 1. The highest BCUT2D eigenvalue weighted by Crippen LogP contribution is 2.27. The Kier molecular flexibility index (Phi) is 5.06. The van der Waals surface area contributed by atoms with E-state index in [2.05, 4.69) is 10.6 Å². The monoisotopic (exact) mass is 335 g/mol. The topological polar surface area (TPSA) is 61.4 Å². The maximum atomic E-state index is 12.6. The highest BCUT2D eigenvalue weighted by Gasteiger charge is 2.36. The number of carbonyl (C=O) groups excluding carboxylic acids is 2. The first-order chi connectivity index (χ1) is 11.1. The number of hydrogen-bond donors (Lipinski definition) is 2. The second kappa shape index (κ2) is 7.21. The predicted molar refractivity (Wildman–Crippen MR) is 89.1 cm³/mol. The summed E-state index contributed by atoms with van der Waals surface area (Å²) < 4.78 is 0. The molecule has 0 radical (unpaired) electrons. The fourth-order valence-electron chi connectivity index (χ4n) is 3.53. The van der Waals surface area contributed by atoms with Gasteiger partial charge < -0.3 is 15.5 Å². The lowest BCUT2D eigenvalue weighted by Crippen LogP contribution is -2.51. The molecule has 1 aromatic rings. The molecule has 0 bridgehead atoms. The van der Waals surface area contributed by atoms with Gasteiger partial charge in [0.15, 0.2) is 0 Å². The zero-order valence-corrected chi connectivity index (χ0v) is 13.8. The standard InChI is InChI=1S/C17H22ClN3O2/c18-14-5-3-4-12(8-14)10-20-17(23)21-7-2-1-6-15(21)13-9-16(22)19-11-13/h3-5,8,13,15H,1-2,6-7,9-11H2,(H,19,22)(H,20,23)/t13-,15+/m0/s1. The molecule has 3 amide bonds. The number of urea groups is 1. The molecule has 0 unspecified atom stereocenters. The van der Waals surface area contributed by atoms with E-state index in [4.69, 9.17) is 11.6 Å². The molecule has 5 nitrogen and oxygen atoms in total. The van der Waals surface area contributed by atoms with E-state index in [1.165, 1.54) is 0 Å². The van der Waals surface area contributed by atoms with Crippen molar-refractivity contribution in [1.29, 1.82) is 0 Å². The van der Waals surface area contributed by atoms with Gasteiger partial charge in [-0.25, -0.2) is 4.79 Å². The normalized spacial score (nSPS) is 24.4. The van der Waals surface area contributed by atoms with Crippen LogP contribution in [0.15, 0.2) is 24.3 Å². The highest BCUT2D eigenvalue weighted by atomic mass is 35.5. The predicted octanol–water partition coefficient (Wildman–Crippen LogP) is 2.54. The molecule has 2 heterocycles. The highest BCUT2D eigenvalue weighted by molar-refractivity contribution is 6.30. The van der Waals surface area contributed by atoms with Crippen molar-refractivity contribution in [3.05, 3.63) is 34.9 Å². The van der Waals surface area contributed by atoms with Crippen LogP contribution < -0.4 is 10.6 Å². The second-order valence-electron chi connectivity index (χ2n) is 6.31. The van der Waals surface area contributed by atoms with Gasteiger partial charge >= 0.3 is 6.03 Å². The zero-order chi connectivity index (χ0) is 16.2. The summed E-state index contributed by atoms with van der Waals surface area (Å²) in [7, 11) is 0. The summed E-state index contributed by atoms with van der Waals surface area (Å²) in [5.41, 5.74) is 0.983. The summed E-state index contributed by atoms with van der Waals surface area (Å²) in [6.07, 6.45) is 3.65. The van der Waals surface area contributed by atoms with E-state index >= 15 is 0 Å². The number of piperidine rings is 1. The number of nitrogens with one attached hydrogen (secondary N) is 2. The molecule has 124 valence electrons. The fourth-order valence-corrected chi connectivity index (χ4v) is 3.74. The van der Waals surface area contributed by atoms with Gasteiger partial charge in [-0.3, -0.25) is 4.79 Å². The van der Waals surface area contributed by atoms with Crippen molar-refractivity contribution in [1.82, 2.24) is 15.5 Å². The smallest absolute Gasteiger partial charge is 0.317 e. The maximum Gasteiger partial charge on any atom is 0.317 e. The molecule has 6 heteroatoms. The maximum absolute atomic E-state index is 12.6. The number of nitrogens with zero attached hydrogens (tertiary/aromatic N) is 1. The van der Waals surface area contributed by atoms with Crippen molar-refractivity contribution >= 4 is 23.5 Å². The van der Waals surface area contributed by atoms with Gasteiger partial charge in [0.05, 0.1) is 0 Å². The first kappa shape index (κ1) is 16.1. The van der Waals surface area contributed by atoms with E-state index in [1.807, 2.05) is 29.2 Å². The number of hydrogen-bond acceptors (Lipinski definition) is 2. The average molecular weight is 336 g/mol. The van der Waals surface area contributed by atoms with E-state index in [9.17, 15) is 9.59 Å². The summed E-state index contributed by atoms with van der Waals surface area (Å²) in [5.74, 6) is 0.333. The first-order valence-electron chi connectivity index (χ1n) is 8.19. The molecule has 23 heavy (non-hydrogen) atoms. The molecule has 0 spiro atoms. The van der Waals surface area contributed by atoms with Crippen molar-refractivity contribution in [3.63, 3.8) is 0 Å². The van der Waals surface area contributed by atoms with Crippen LogP contribution in [0.2, 0.25) is 5.02 Å². The Morgan fingerprint density at radius 3 is 3.00 bits per heavy atom. The van der Waals surface area contributed by atoms with Crippen LogP contribution in [0, 0.1) is 5.92 Å². The van der Waals surface area contributed by atoms with Crippen molar-refractivity contribution < 1.29 is 9.59 Å². The third-order valence-electron chi connectivity index (χ3n) is 4.70. The first-order valence-corrected chi connectivity index (χ1v) is 8.57. The summed E-state index contributed by atoms with van der Waals surface area (Å²) in [4.78, 5) is 26.0. The van der Waals surface area contributed by atoms with Gasteiger partial charge in [0.2, 0.25) is 5.91 Å². The number of rotatable bonds is 3. The van der Waals surface area contributed by atoms with Crippen LogP contribution >= 0.6 is 11.6 Å². The van der Waals surface area contributed by atoms with Crippen molar-refractivity contribution in [2.45, 2.75) is 38.3 Å². The Morgan fingerprint density at radius 1 is 1.39 bits per heavy atom. The summed E-state index contributed by atoms with van der Waals surface area (Å²) in [6.45, 7) is 1.91. The van der Waals surface area contributed by atoms with E-state index in [0.29, 0.717) is 24.5 Å². The van der Waals surface area contributed by atoms with Gasteiger partial charge in [-0.1, -0.05) is 23.7 Å². The Hall–Kier alpha value is -1.75. The Bertz CT molecular complexity index is 593. The molecule has 3 rings (SSSR count). The molecule has 2 N–H and O–H groups in total. The molecule has 2 atom stereocenters. The molecular formula is C17H22ClN3O2. The zero-order valence-electron chi connectivity index (χ0n) is 13.1. The van der Waals surface area contributed by atoms with Crippen LogP contribution in [0.4, 0.5) is 4.79 Å². The molecule has 0 aromatic heterocycles. The summed E-state index contributed by atoms with van der Waals surface area (Å²) in [5, 5.41) is 6.53. The van der Waals surface area contributed by atoms with Gasteiger partial charge in [-0.2, -0.15) is 0 Å². The van der Waals surface area contributed by atoms with Crippen LogP contribution in [-0.4, -0.2) is 36.0 Å². The van der Waals surface area contributed by atoms with Crippen molar-refractivity contribution in [3.8, 4) is 0 Å². The van der Waals surface area contributed by atoms with Gasteiger partial charge in [-0.15, -0.1) is 0 Å². The second-order valence-corrected chi connectivity index (χ2v) is 6.75. The third kappa shape index (κ3) is 3.96. The summed E-state index contributed by atoms with van der Waals surface area (Å²) in [6, 6.07) is 7.60. The number of carbonyl (C=O) groups is 2. The van der Waals surface area contributed by atoms with E-state index in [-0.39, 0.29) is 23.9 Å². The van der Waals surface area contributed by atoms with Crippen LogP contribution in [0.5, 0.6) is 0 Å². The van der Waals surface area contributed by atoms with E-state index in [1.54, 1.807) is 0 Å². The van der Waals surface area contributed by atoms with Crippen molar-refractivity contribution in [2.75, 3.05) is 13.1 Å². The largest absolute Gasteiger partial charge is 0.356 e. The third-order valence-corrected chi connectivity index (χ3v) is 4.93. The Labute approximate surface area is 141 Å². The van der Waals surface area contributed by atoms with Crippen LogP contribution in [0.3, 0.4) is 0 Å². The quantitative estimate of drug-likeness (QED) is 0.891. The Morgan fingerprint density at radius 2 is 2.26 bits per heavy atom. The molecule has 0 aliphatic carbocycles. The minimum absolute atomic E-state index is 0.0472. The molecule has 2 aliphatic heterocycles. The van der Waals surface area contributed by atoms with Gasteiger partial charge in [0, 0.05) is 43.0 Å². The molecule has 2 fully saturated rings. The molecule has 2 saturated heterocycles. The van der Waals surface area contributed by atoms with Gasteiger partial charge in [-0.05, 0) is 37.0 Å². The van der Waals surface area contributed by atoms with Gasteiger partial charge in [0.1, 0.15) is 0 Å². The minimum Gasteiger partial charge on any atom is -0.356 e. The molecule has 1 aromatic carbocycles. The van der Waals surface area contributed by atoms with Crippen LogP contribution in [0.25, 0.3) is 0 Å². The molecule has 0 saturated carbocycles. The number of benzene rings is 1. The van der Waals surface area contributed by atoms with Crippen LogP contribution in [0.1, 0.15) is 31.2 Å². The summed E-state index contributed by atoms with van der Waals surface area (Å²) >= 11 is 5.97. The molecular weight excluding hydrogens is 314 g/mol. The SMILES string of the molecule is O=C1C[C@H]([C@H]2CCCCN2C(=O)NCc2cccc(Cl)c2)CN1. The van der Waals surface area contributed by atoms with Gasteiger partial charge in [0.25, 0.3) is 0 Å². The van der Waals surface area contributed by atoms with E-state index < -0.39 is 0 Å². The average Bonchev–Trinajstić information content (AvgIpc) is 2.99. The fraction of sp³-hybridized carbons (Fsp3) is 0.529. The Balaban J connectivity index is 1.61. The van der Waals surface area contributed by atoms with Crippen molar-refractivity contribution in [2.24, 2.45) is 5.92 Å². The lowest BCUT2D eigenvalue weighted by Gasteiger charge is -2.38. The lowest BCUT2D eigenvalue weighted by molar-refractivity contribution is -0.119. The minimum atomic E-state index is -0.0472. The van der Waals surface area contributed by atoms with Crippen LogP contribution in [-0.2, 0) is 11.3 Å². The van der Waals surface area contributed by atoms with E-state index in [0.717, 1.165) is 31.4 Å². The molecule has 2 aliphatic rings. The number of likely N-dealkylation sites (tertiary alicyclic amines) is 1. The lowest BCUT2D eigenvalue weighted by atomic mass is 9.90.